The second kappa shape index (κ2) is 8.59. The van der Waals surface area contributed by atoms with E-state index in [1.54, 1.807) is 18.2 Å². The minimum absolute atomic E-state index is 0.232. The van der Waals surface area contributed by atoms with E-state index in [-0.39, 0.29) is 24.1 Å². The third kappa shape index (κ3) is 4.80. The summed E-state index contributed by atoms with van der Waals surface area (Å²) in [6.45, 7) is 2.66. The lowest BCUT2D eigenvalue weighted by molar-refractivity contribution is -0.137. The van der Waals surface area contributed by atoms with Crippen molar-refractivity contribution in [3.05, 3.63) is 65.0 Å². The van der Waals surface area contributed by atoms with Crippen LogP contribution in [0.1, 0.15) is 22.7 Å². The number of halogens is 4. The predicted molar refractivity (Wildman–Crippen MR) is 96.2 cm³/mol. The molecule has 0 aromatic heterocycles. The molecule has 2 aromatic rings. The molecule has 1 atom stereocenters. The van der Waals surface area contributed by atoms with Crippen molar-refractivity contribution in [3.63, 3.8) is 0 Å². The summed E-state index contributed by atoms with van der Waals surface area (Å²) in [6.07, 6.45) is -4.62. The van der Waals surface area contributed by atoms with Gasteiger partial charge in [-0.2, -0.15) is 18.4 Å². The monoisotopic (exact) mass is 393 g/mol. The number of nitrogens with zero attached hydrogens (tertiary/aromatic N) is 2. The highest BCUT2D eigenvalue weighted by molar-refractivity contribution is 5.53. The summed E-state index contributed by atoms with van der Waals surface area (Å²) in [5.74, 6) is -0.367. The maximum atomic E-state index is 13.7. The van der Waals surface area contributed by atoms with Gasteiger partial charge in [-0.3, -0.25) is 4.90 Å². The molecule has 0 saturated carbocycles. The van der Waals surface area contributed by atoms with E-state index in [2.05, 4.69) is 10.2 Å². The van der Waals surface area contributed by atoms with Crippen LogP contribution in [0.25, 0.3) is 0 Å². The molecular formula is C20H19F4N3O. The van der Waals surface area contributed by atoms with Crippen LogP contribution in [0.4, 0.5) is 23.2 Å². The molecule has 28 heavy (non-hydrogen) atoms. The molecule has 2 aromatic carbocycles. The summed E-state index contributed by atoms with van der Waals surface area (Å²) in [4.78, 5) is 2.11. The van der Waals surface area contributed by atoms with Gasteiger partial charge in [0.15, 0.2) is 0 Å². The quantitative estimate of drug-likeness (QED) is 0.774. The topological polar surface area (TPSA) is 48.3 Å². The van der Waals surface area contributed by atoms with Crippen molar-refractivity contribution >= 4 is 5.69 Å². The molecule has 0 amide bonds. The van der Waals surface area contributed by atoms with E-state index in [1.807, 2.05) is 0 Å². The molecule has 8 heteroatoms. The lowest BCUT2D eigenvalue weighted by Gasteiger charge is -2.35. The highest BCUT2D eigenvalue weighted by Gasteiger charge is 2.34. The molecule has 1 saturated heterocycles. The zero-order chi connectivity index (χ0) is 20.1. The second-order valence-corrected chi connectivity index (χ2v) is 6.47. The molecule has 1 aliphatic heterocycles. The van der Waals surface area contributed by atoms with Crippen molar-refractivity contribution in [1.82, 2.24) is 4.90 Å². The maximum absolute atomic E-state index is 13.7. The third-order valence-corrected chi connectivity index (χ3v) is 4.66. The number of rotatable bonds is 5. The Morgan fingerprint density at radius 1 is 1.14 bits per heavy atom. The Bertz CT molecular complexity index is 857. The minimum atomic E-state index is -4.62. The summed E-state index contributed by atoms with van der Waals surface area (Å²) in [5.41, 5.74) is -0.415. The van der Waals surface area contributed by atoms with E-state index in [9.17, 15) is 17.6 Å². The SMILES string of the molecule is N#Cc1ccc(NCC(c2cccc(F)c2)N2CCOCC2)cc1C(F)(F)F. The van der Waals surface area contributed by atoms with Gasteiger partial charge in [0.2, 0.25) is 0 Å². The molecule has 148 valence electrons. The number of alkyl halides is 3. The van der Waals surface area contributed by atoms with Gasteiger partial charge in [0.05, 0.1) is 36.5 Å². The Labute approximate surface area is 160 Å². The number of nitriles is 1. The standard InChI is InChI=1S/C20H19F4N3O/c21-16-3-1-2-14(10-16)19(27-6-8-28-9-7-27)13-26-17-5-4-15(12-25)18(11-17)20(22,23)24/h1-5,10-11,19,26H,6-9,13H2. The maximum Gasteiger partial charge on any atom is 0.417 e. The molecule has 4 nitrogen and oxygen atoms in total. The Hall–Kier alpha value is -2.63. The molecule has 0 radical (unpaired) electrons. The minimum Gasteiger partial charge on any atom is -0.383 e. The highest BCUT2D eigenvalue weighted by atomic mass is 19.4. The molecule has 0 bridgehead atoms. The van der Waals surface area contributed by atoms with Crippen LogP contribution in [-0.4, -0.2) is 37.7 Å². The number of hydrogen-bond acceptors (Lipinski definition) is 4. The van der Waals surface area contributed by atoms with Gasteiger partial charge >= 0.3 is 6.18 Å². The lowest BCUT2D eigenvalue weighted by Crippen LogP contribution is -2.41. The van der Waals surface area contributed by atoms with Gasteiger partial charge in [0.25, 0.3) is 0 Å². The molecular weight excluding hydrogens is 374 g/mol. The number of ether oxygens (including phenoxy) is 1. The van der Waals surface area contributed by atoms with Crippen molar-refractivity contribution < 1.29 is 22.3 Å². The normalized spacial score (nSPS) is 16.4. The fourth-order valence-corrected chi connectivity index (χ4v) is 3.26. The van der Waals surface area contributed by atoms with Gasteiger partial charge in [0, 0.05) is 25.3 Å². The zero-order valence-electron chi connectivity index (χ0n) is 15.0. The van der Waals surface area contributed by atoms with E-state index in [1.165, 1.54) is 18.2 Å². The van der Waals surface area contributed by atoms with Gasteiger partial charge in [-0.15, -0.1) is 0 Å². The van der Waals surface area contributed by atoms with Gasteiger partial charge < -0.3 is 10.1 Å². The molecule has 1 unspecified atom stereocenters. The van der Waals surface area contributed by atoms with Gasteiger partial charge in [-0.05, 0) is 35.9 Å². The van der Waals surface area contributed by atoms with Gasteiger partial charge in [-0.1, -0.05) is 12.1 Å². The first-order valence-corrected chi connectivity index (χ1v) is 8.81. The van der Waals surface area contributed by atoms with E-state index < -0.39 is 17.3 Å². The number of anilines is 1. The molecule has 1 aliphatic rings. The fraction of sp³-hybridized carbons (Fsp3) is 0.350. The highest BCUT2D eigenvalue weighted by Crippen LogP contribution is 2.34. The van der Waals surface area contributed by atoms with Crippen LogP contribution in [0.3, 0.4) is 0 Å². The Balaban J connectivity index is 1.83. The first-order valence-electron chi connectivity index (χ1n) is 8.81. The fourth-order valence-electron chi connectivity index (χ4n) is 3.26. The van der Waals surface area contributed by atoms with Crippen LogP contribution >= 0.6 is 0 Å². The van der Waals surface area contributed by atoms with Crippen LogP contribution in [0, 0.1) is 17.1 Å². The molecule has 1 N–H and O–H groups in total. The van der Waals surface area contributed by atoms with Crippen molar-refractivity contribution in [2.24, 2.45) is 0 Å². The zero-order valence-corrected chi connectivity index (χ0v) is 15.0. The Morgan fingerprint density at radius 2 is 1.89 bits per heavy atom. The predicted octanol–water partition coefficient (Wildman–Crippen LogP) is 4.20. The van der Waals surface area contributed by atoms with E-state index in [0.29, 0.717) is 26.3 Å². The lowest BCUT2D eigenvalue weighted by atomic mass is 10.0. The number of hydrogen-bond donors (Lipinski definition) is 1. The Morgan fingerprint density at radius 3 is 2.54 bits per heavy atom. The van der Waals surface area contributed by atoms with Crippen molar-refractivity contribution in [2.45, 2.75) is 12.2 Å². The van der Waals surface area contributed by atoms with Crippen LogP contribution in [0.5, 0.6) is 0 Å². The Kier molecular flexibility index (Phi) is 6.17. The summed E-state index contributed by atoms with van der Waals surface area (Å²) in [6, 6.07) is 11.0. The van der Waals surface area contributed by atoms with Crippen molar-refractivity contribution in [3.8, 4) is 6.07 Å². The summed E-state index contributed by atoms with van der Waals surface area (Å²) < 4.78 is 58.6. The van der Waals surface area contributed by atoms with E-state index >= 15 is 0 Å². The van der Waals surface area contributed by atoms with Crippen molar-refractivity contribution in [1.29, 1.82) is 5.26 Å². The number of nitrogens with one attached hydrogen (secondary N) is 1. The van der Waals surface area contributed by atoms with Crippen LogP contribution in [0.15, 0.2) is 42.5 Å². The van der Waals surface area contributed by atoms with Crippen LogP contribution in [0.2, 0.25) is 0 Å². The average molecular weight is 393 g/mol. The number of benzene rings is 2. The number of morpholine rings is 1. The third-order valence-electron chi connectivity index (χ3n) is 4.66. The van der Waals surface area contributed by atoms with Crippen molar-refractivity contribution in [2.75, 3.05) is 38.2 Å². The van der Waals surface area contributed by atoms with Crippen LogP contribution < -0.4 is 5.32 Å². The van der Waals surface area contributed by atoms with Crippen LogP contribution in [-0.2, 0) is 10.9 Å². The molecule has 0 spiro atoms. The van der Waals surface area contributed by atoms with Gasteiger partial charge in [0.1, 0.15) is 5.82 Å². The molecule has 3 rings (SSSR count). The first kappa shape index (κ1) is 20.1. The molecule has 1 fully saturated rings. The first-order chi connectivity index (χ1) is 13.4. The molecule has 1 heterocycles. The average Bonchev–Trinajstić information content (AvgIpc) is 2.68. The smallest absolute Gasteiger partial charge is 0.383 e. The molecule has 0 aliphatic carbocycles. The summed E-state index contributed by atoms with van der Waals surface area (Å²) in [7, 11) is 0. The largest absolute Gasteiger partial charge is 0.417 e. The second-order valence-electron chi connectivity index (χ2n) is 6.47. The summed E-state index contributed by atoms with van der Waals surface area (Å²) >= 11 is 0. The van der Waals surface area contributed by atoms with E-state index in [4.69, 9.17) is 10.00 Å². The van der Waals surface area contributed by atoms with E-state index in [0.717, 1.165) is 17.7 Å². The summed E-state index contributed by atoms with van der Waals surface area (Å²) in [5, 5.41) is 11.9. The van der Waals surface area contributed by atoms with Gasteiger partial charge in [-0.25, -0.2) is 4.39 Å².